The van der Waals surface area contributed by atoms with Crippen LogP contribution < -0.4 is 5.73 Å². The lowest BCUT2D eigenvalue weighted by Crippen LogP contribution is -2.48. The van der Waals surface area contributed by atoms with Crippen LogP contribution in [0.5, 0.6) is 0 Å². The zero-order valence-corrected chi connectivity index (χ0v) is 9.27. The van der Waals surface area contributed by atoms with Crippen LogP contribution in [-0.4, -0.2) is 52.6 Å². The van der Waals surface area contributed by atoms with E-state index in [-0.39, 0.29) is 6.54 Å². The minimum absolute atomic E-state index is 0.0154. The molecule has 0 saturated carbocycles. The molecule has 0 atom stereocenters. The largest absolute Gasteiger partial charge is 0.480 e. The Hall–Kier alpha value is -1.63. The zero-order chi connectivity index (χ0) is 12.9. The van der Waals surface area contributed by atoms with Gasteiger partial charge in [-0.1, -0.05) is 0 Å². The normalized spacial score (nSPS) is 10.9. The molecule has 92 valence electrons. The molecule has 0 radical (unpaired) electrons. The Labute approximate surface area is 92.8 Å². The second-order valence-corrected chi connectivity index (χ2v) is 4.04. The third-order valence-corrected chi connectivity index (χ3v) is 2.03. The van der Waals surface area contributed by atoms with Crippen molar-refractivity contribution >= 4 is 17.8 Å². The fourth-order valence-corrected chi connectivity index (χ4v) is 1.04. The van der Waals surface area contributed by atoms with Gasteiger partial charge in [-0.25, -0.2) is 0 Å². The van der Waals surface area contributed by atoms with Gasteiger partial charge in [0.15, 0.2) is 0 Å². The van der Waals surface area contributed by atoms with Gasteiger partial charge < -0.3 is 20.8 Å². The summed E-state index contributed by atoms with van der Waals surface area (Å²) in [5.74, 6) is -3.11. The average molecular weight is 232 g/mol. The summed E-state index contributed by atoms with van der Waals surface area (Å²) in [6, 6.07) is 0. The molecule has 0 saturated heterocycles. The Balaban J connectivity index is 4.81. The van der Waals surface area contributed by atoms with Gasteiger partial charge in [0, 0.05) is 6.54 Å². The lowest BCUT2D eigenvalue weighted by molar-refractivity contribution is -0.153. The topological polar surface area (TPSA) is 121 Å². The van der Waals surface area contributed by atoms with Crippen molar-refractivity contribution < 1.29 is 24.6 Å². The Bertz CT molecular complexity index is 284. The third-order valence-electron chi connectivity index (χ3n) is 2.03. The molecule has 0 aliphatic heterocycles. The molecule has 0 unspecified atom stereocenters. The number of nitrogens with two attached hydrogens (primary N) is 1. The summed E-state index contributed by atoms with van der Waals surface area (Å²) in [7, 11) is 0. The fraction of sp³-hybridized carbons (Fsp3) is 0.667. The first-order chi connectivity index (χ1) is 7.20. The van der Waals surface area contributed by atoms with E-state index >= 15 is 0 Å². The van der Waals surface area contributed by atoms with Crippen LogP contribution >= 0.6 is 0 Å². The number of hydrogen-bond acceptors (Lipinski definition) is 4. The molecule has 0 spiro atoms. The van der Waals surface area contributed by atoms with Crippen molar-refractivity contribution in [2.75, 3.05) is 19.6 Å². The third kappa shape index (κ3) is 4.26. The molecular weight excluding hydrogens is 216 g/mol. The molecule has 0 fully saturated rings. The molecule has 0 aromatic heterocycles. The van der Waals surface area contributed by atoms with Gasteiger partial charge >= 0.3 is 11.9 Å². The number of carboxylic acid groups (broad SMARTS) is 2. The van der Waals surface area contributed by atoms with Gasteiger partial charge in [-0.05, 0) is 13.8 Å². The molecule has 0 aromatic rings. The molecule has 0 bridgehead atoms. The van der Waals surface area contributed by atoms with E-state index in [0.29, 0.717) is 0 Å². The summed E-state index contributed by atoms with van der Waals surface area (Å²) in [4.78, 5) is 33.5. The number of carbonyl (C=O) groups excluding carboxylic acids is 1. The molecule has 0 rings (SSSR count). The van der Waals surface area contributed by atoms with Crippen molar-refractivity contribution in [1.82, 2.24) is 4.90 Å². The molecule has 1 amide bonds. The first kappa shape index (κ1) is 14.4. The van der Waals surface area contributed by atoms with E-state index < -0.39 is 36.4 Å². The van der Waals surface area contributed by atoms with Crippen LogP contribution in [0.4, 0.5) is 0 Å². The van der Waals surface area contributed by atoms with Crippen LogP contribution in [0.3, 0.4) is 0 Å². The van der Waals surface area contributed by atoms with E-state index in [1.54, 1.807) is 0 Å². The monoisotopic (exact) mass is 232 g/mol. The maximum Gasteiger partial charge on any atom is 0.323 e. The smallest absolute Gasteiger partial charge is 0.323 e. The summed E-state index contributed by atoms with van der Waals surface area (Å²) in [6.45, 7) is 1.79. The molecule has 0 heterocycles. The molecule has 0 aliphatic carbocycles. The van der Waals surface area contributed by atoms with Gasteiger partial charge in [0.2, 0.25) is 5.91 Å². The molecular formula is C9H16N2O5. The number of carbonyl (C=O) groups is 3. The second kappa shape index (κ2) is 5.45. The quantitative estimate of drug-likeness (QED) is 0.538. The molecule has 7 nitrogen and oxygen atoms in total. The summed E-state index contributed by atoms with van der Waals surface area (Å²) >= 11 is 0. The SMILES string of the molecule is CC(C)(CN)C(=O)N(CC(=O)O)CC(=O)O. The van der Waals surface area contributed by atoms with E-state index in [1.807, 2.05) is 0 Å². The maximum atomic E-state index is 11.8. The van der Waals surface area contributed by atoms with Crippen molar-refractivity contribution in [2.45, 2.75) is 13.8 Å². The molecule has 16 heavy (non-hydrogen) atoms. The van der Waals surface area contributed by atoms with Crippen LogP contribution in [0.2, 0.25) is 0 Å². The van der Waals surface area contributed by atoms with E-state index in [9.17, 15) is 14.4 Å². The highest BCUT2D eigenvalue weighted by atomic mass is 16.4. The molecule has 4 N–H and O–H groups in total. The minimum atomic E-state index is -1.26. The number of amides is 1. The van der Waals surface area contributed by atoms with Crippen molar-refractivity contribution in [2.24, 2.45) is 11.1 Å². The first-order valence-electron chi connectivity index (χ1n) is 4.63. The highest BCUT2D eigenvalue weighted by Gasteiger charge is 2.32. The number of nitrogens with zero attached hydrogens (tertiary/aromatic N) is 1. The number of hydrogen-bond donors (Lipinski definition) is 3. The number of carboxylic acids is 2. The van der Waals surface area contributed by atoms with Crippen LogP contribution in [0.15, 0.2) is 0 Å². The van der Waals surface area contributed by atoms with Gasteiger partial charge in [0.1, 0.15) is 13.1 Å². The van der Waals surface area contributed by atoms with Gasteiger partial charge in [0.05, 0.1) is 5.41 Å². The van der Waals surface area contributed by atoms with Gasteiger partial charge in [-0.3, -0.25) is 14.4 Å². The Morgan fingerprint density at radius 2 is 1.50 bits per heavy atom. The van der Waals surface area contributed by atoms with Crippen LogP contribution in [0.1, 0.15) is 13.8 Å². The van der Waals surface area contributed by atoms with Crippen LogP contribution in [0.25, 0.3) is 0 Å². The van der Waals surface area contributed by atoms with E-state index in [2.05, 4.69) is 0 Å². The standard InChI is InChI=1S/C9H16N2O5/c1-9(2,5-10)8(16)11(3-6(12)13)4-7(14)15/h3-5,10H2,1-2H3,(H,12,13)(H,14,15). The fourth-order valence-electron chi connectivity index (χ4n) is 1.04. The van der Waals surface area contributed by atoms with E-state index in [1.165, 1.54) is 13.8 Å². The first-order valence-corrected chi connectivity index (χ1v) is 4.63. The van der Waals surface area contributed by atoms with Gasteiger partial charge in [-0.2, -0.15) is 0 Å². The minimum Gasteiger partial charge on any atom is -0.480 e. The summed E-state index contributed by atoms with van der Waals surface area (Å²) < 4.78 is 0. The molecule has 0 aromatic carbocycles. The number of aliphatic carboxylic acids is 2. The molecule has 7 heteroatoms. The number of rotatable bonds is 6. The van der Waals surface area contributed by atoms with Crippen molar-refractivity contribution in [3.05, 3.63) is 0 Å². The maximum absolute atomic E-state index is 11.8. The second-order valence-electron chi connectivity index (χ2n) is 4.04. The predicted molar refractivity (Wildman–Crippen MR) is 54.7 cm³/mol. The highest BCUT2D eigenvalue weighted by molar-refractivity contribution is 5.88. The molecule has 0 aliphatic rings. The van der Waals surface area contributed by atoms with E-state index in [0.717, 1.165) is 4.90 Å². The highest BCUT2D eigenvalue weighted by Crippen LogP contribution is 2.16. The van der Waals surface area contributed by atoms with Gasteiger partial charge in [-0.15, -0.1) is 0 Å². The zero-order valence-electron chi connectivity index (χ0n) is 9.27. The lowest BCUT2D eigenvalue weighted by Gasteiger charge is -2.28. The Morgan fingerprint density at radius 3 is 1.75 bits per heavy atom. The van der Waals surface area contributed by atoms with Gasteiger partial charge in [0.25, 0.3) is 0 Å². The average Bonchev–Trinajstić information content (AvgIpc) is 2.14. The van der Waals surface area contributed by atoms with E-state index in [4.69, 9.17) is 15.9 Å². The van der Waals surface area contributed by atoms with Crippen molar-refractivity contribution in [1.29, 1.82) is 0 Å². The Morgan fingerprint density at radius 1 is 1.12 bits per heavy atom. The Kier molecular flexibility index (Phi) is 4.90. The summed E-state index contributed by atoms with van der Waals surface area (Å²) in [5.41, 5.74) is 4.40. The van der Waals surface area contributed by atoms with Crippen molar-refractivity contribution in [3.63, 3.8) is 0 Å². The van der Waals surface area contributed by atoms with Crippen molar-refractivity contribution in [3.8, 4) is 0 Å². The predicted octanol–water partition coefficient (Wildman–Crippen LogP) is -1.03. The van der Waals surface area contributed by atoms with Crippen LogP contribution in [0, 0.1) is 5.41 Å². The summed E-state index contributed by atoms with van der Waals surface area (Å²) in [6.07, 6.45) is 0. The van der Waals surface area contributed by atoms with Crippen LogP contribution in [-0.2, 0) is 14.4 Å². The summed E-state index contributed by atoms with van der Waals surface area (Å²) in [5, 5.41) is 17.1. The lowest BCUT2D eigenvalue weighted by atomic mass is 9.92.